The molecule has 0 radical (unpaired) electrons. The highest BCUT2D eigenvalue weighted by Gasteiger charge is 2.64. The summed E-state index contributed by atoms with van der Waals surface area (Å²) < 4.78 is 23.2. The molecule has 1 aromatic carbocycles. The van der Waals surface area contributed by atoms with Crippen molar-refractivity contribution in [2.24, 2.45) is 23.7 Å². The van der Waals surface area contributed by atoms with Crippen molar-refractivity contribution in [3.8, 4) is 0 Å². The van der Waals surface area contributed by atoms with Crippen molar-refractivity contribution >= 4 is 17.7 Å². The van der Waals surface area contributed by atoms with Crippen molar-refractivity contribution in [1.82, 2.24) is 0 Å². The number of hydrogen-bond acceptors (Lipinski definition) is 5. The number of hydrogen-bond donors (Lipinski definition) is 0. The molecule has 1 aromatic rings. The minimum atomic E-state index is -0.504. The van der Waals surface area contributed by atoms with E-state index < -0.39 is 36.0 Å². The number of carbonyl (C=O) groups excluding carboxylic acids is 3. The normalized spacial score (nSPS) is 33.6. The molecule has 23 heavy (non-hydrogen) atoms. The molecule has 0 aromatic heterocycles. The third-order valence-corrected chi connectivity index (χ3v) is 5.27. The molecule has 2 aliphatic carbocycles. The minimum Gasteiger partial charge on any atom is -0.462 e. The van der Waals surface area contributed by atoms with Gasteiger partial charge in [0.25, 0.3) is 0 Å². The van der Waals surface area contributed by atoms with E-state index >= 15 is 0 Å². The van der Waals surface area contributed by atoms with Crippen LogP contribution in [0.4, 0.5) is 4.39 Å². The molecule has 120 valence electrons. The monoisotopic (exact) mass is 318 g/mol. The molecule has 1 aliphatic heterocycles. The van der Waals surface area contributed by atoms with Crippen LogP contribution in [0.5, 0.6) is 0 Å². The van der Waals surface area contributed by atoms with E-state index in [1.807, 2.05) is 0 Å². The van der Waals surface area contributed by atoms with Gasteiger partial charge in [-0.25, -0.2) is 4.39 Å². The van der Waals surface area contributed by atoms with Gasteiger partial charge in [-0.1, -0.05) is 0 Å². The van der Waals surface area contributed by atoms with E-state index in [-0.39, 0.29) is 29.5 Å². The number of halogens is 1. The largest absolute Gasteiger partial charge is 0.462 e. The third kappa shape index (κ3) is 2.24. The van der Waals surface area contributed by atoms with Crippen LogP contribution in [0.25, 0.3) is 0 Å². The Kier molecular flexibility index (Phi) is 3.21. The van der Waals surface area contributed by atoms with E-state index in [1.54, 1.807) is 0 Å². The molecule has 1 heterocycles. The highest BCUT2D eigenvalue weighted by molar-refractivity contribution is 5.98. The molecule has 0 N–H and O–H groups in total. The van der Waals surface area contributed by atoms with Crippen molar-refractivity contribution in [3.05, 3.63) is 35.6 Å². The molecule has 3 fully saturated rings. The van der Waals surface area contributed by atoms with Crippen LogP contribution >= 0.6 is 0 Å². The smallest absolute Gasteiger partial charge is 0.310 e. The standard InChI is InChI=1S/C17H15FO5/c18-10-3-1-8(2-4-10)12(19)7-22-16(20)14-9-5-11-13(6-9)23-17(21)15(11)14/h1-4,9,11,13-15H,5-7H2/t9-,11+,13-,14-,15+/m1/s1. The molecule has 2 saturated carbocycles. The van der Waals surface area contributed by atoms with Gasteiger partial charge in [-0.15, -0.1) is 0 Å². The van der Waals surface area contributed by atoms with Gasteiger partial charge in [0.2, 0.25) is 0 Å². The first-order chi connectivity index (χ1) is 11.0. The maximum absolute atomic E-state index is 12.8. The zero-order chi connectivity index (χ0) is 16.1. The molecule has 0 spiro atoms. The Balaban J connectivity index is 1.40. The van der Waals surface area contributed by atoms with Crippen LogP contribution in [-0.4, -0.2) is 30.4 Å². The van der Waals surface area contributed by atoms with Crippen molar-refractivity contribution in [3.63, 3.8) is 0 Å². The SMILES string of the molecule is O=C(COC(=O)[C@@H]1[C@@H]2C[C@@H]3[C@@H]1C(=O)O[C@@H]3C2)c1ccc(F)cc1. The predicted molar refractivity (Wildman–Crippen MR) is 74.8 cm³/mol. The lowest BCUT2D eigenvalue weighted by Crippen LogP contribution is -2.34. The Bertz CT molecular complexity index is 681. The van der Waals surface area contributed by atoms with Crippen LogP contribution in [0.2, 0.25) is 0 Å². The van der Waals surface area contributed by atoms with Gasteiger partial charge in [0, 0.05) is 11.5 Å². The van der Waals surface area contributed by atoms with E-state index in [2.05, 4.69) is 0 Å². The summed E-state index contributed by atoms with van der Waals surface area (Å²) in [4.78, 5) is 36.2. The lowest BCUT2D eigenvalue weighted by Gasteiger charge is -2.22. The molecule has 6 heteroatoms. The van der Waals surface area contributed by atoms with Crippen molar-refractivity contribution in [2.75, 3.05) is 6.61 Å². The summed E-state index contributed by atoms with van der Waals surface area (Å²) in [6.45, 7) is -0.399. The molecular weight excluding hydrogens is 303 g/mol. The topological polar surface area (TPSA) is 69.7 Å². The van der Waals surface area contributed by atoms with Gasteiger partial charge in [0.1, 0.15) is 11.9 Å². The summed E-state index contributed by atoms with van der Waals surface area (Å²) in [5.74, 6) is -2.32. The summed E-state index contributed by atoms with van der Waals surface area (Å²) in [5.41, 5.74) is 0.285. The lowest BCUT2D eigenvalue weighted by molar-refractivity contribution is -0.154. The van der Waals surface area contributed by atoms with Crippen LogP contribution < -0.4 is 0 Å². The number of ether oxygens (including phenoxy) is 2. The first kappa shape index (κ1) is 14.4. The second kappa shape index (κ2) is 5.15. The predicted octanol–water partition coefficient (Wildman–Crippen LogP) is 1.75. The van der Waals surface area contributed by atoms with Gasteiger partial charge in [-0.05, 0) is 43.0 Å². The number of Topliss-reactive ketones (excluding diaryl/α,β-unsaturated/α-hetero) is 1. The summed E-state index contributed by atoms with van der Waals surface area (Å²) >= 11 is 0. The van der Waals surface area contributed by atoms with Gasteiger partial charge in [0.05, 0.1) is 11.8 Å². The van der Waals surface area contributed by atoms with Crippen LogP contribution in [0.15, 0.2) is 24.3 Å². The van der Waals surface area contributed by atoms with E-state index in [0.717, 1.165) is 6.42 Å². The second-order valence-electron chi connectivity index (χ2n) is 6.46. The van der Waals surface area contributed by atoms with Gasteiger partial charge in [-0.3, -0.25) is 14.4 Å². The quantitative estimate of drug-likeness (QED) is 0.625. The van der Waals surface area contributed by atoms with Crippen molar-refractivity contribution in [1.29, 1.82) is 0 Å². The fourth-order valence-electron chi connectivity index (χ4n) is 4.28. The minimum absolute atomic E-state index is 0.0394. The zero-order valence-electron chi connectivity index (χ0n) is 12.2. The third-order valence-electron chi connectivity index (χ3n) is 5.27. The zero-order valence-corrected chi connectivity index (χ0v) is 12.2. The van der Waals surface area contributed by atoms with Gasteiger partial charge in [-0.2, -0.15) is 0 Å². The van der Waals surface area contributed by atoms with Crippen LogP contribution in [-0.2, 0) is 19.1 Å². The fraction of sp³-hybridized carbons (Fsp3) is 0.471. The Morgan fingerprint density at radius 1 is 1.22 bits per heavy atom. The molecule has 0 unspecified atom stereocenters. The summed E-state index contributed by atoms with van der Waals surface area (Å²) in [6, 6.07) is 5.06. The van der Waals surface area contributed by atoms with E-state index in [4.69, 9.17) is 9.47 Å². The Hall–Kier alpha value is -2.24. The molecule has 5 nitrogen and oxygen atoms in total. The highest BCUT2D eigenvalue weighted by atomic mass is 19.1. The number of fused-ring (bicyclic) bond motifs is 1. The first-order valence-corrected chi connectivity index (χ1v) is 7.70. The Morgan fingerprint density at radius 3 is 2.70 bits per heavy atom. The maximum atomic E-state index is 12.8. The lowest BCUT2D eigenvalue weighted by atomic mass is 9.80. The highest BCUT2D eigenvalue weighted by Crippen LogP contribution is 2.57. The Labute approximate surface area is 131 Å². The number of carbonyl (C=O) groups is 3. The fourth-order valence-corrected chi connectivity index (χ4v) is 4.28. The number of esters is 2. The van der Waals surface area contributed by atoms with Gasteiger partial charge in [0.15, 0.2) is 12.4 Å². The summed E-state index contributed by atoms with van der Waals surface area (Å²) in [6.07, 6.45) is 1.48. The molecule has 5 atom stereocenters. The summed E-state index contributed by atoms with van der Waals surface area (Å²) in [7, 11) is 0. The van der Waals surface area contributed by atoms with Gasteiger partial charge >= 0.3 is 11.9 Å². The molecule has 3 aliphatic rings. The number of rotatable bonds is 4. The second-order valence-corrected chi connectivity index (χ2v) is 6.46. The van der Waals surface area contributed by atoms with Crippen molar-refractivity contribution < 1.29 is 28.2 Å². The molecule has 0 amide bonds. The average molecular weight is 318 g/mol. The molecule has 4 rings (SSSR count). The first-order valence-electron chi connectivity index (χ1n) is 7.70. The molecular formula is C17H15FO5. The molecule has 1 saturated heterocycles. The van der Waals surface area contributed by atoms with E-state index in [9.17, 15) is 18.8 Å². The maximum Gasteiger partial charge on any atom is 0.310 e. The van der Waals surface area contributed by atoms with Gasteiger partial charge < -0.3 is 9.47 Å². The summed E-state index contributed by atoms with van der Waals surface area (Å²) in [5, 5.41) is 0. The van der Waals surface area contributed by atoms with Crippen molar-refractivity contribution in [2.45, 2.75) is 18.9 Å². The Morgan fingerprint density at radius 2 is 1.96 bits per heavy atom. The van der Waals surface area contributed by atoms with Crippen LogP contribution in [0.1, 0.15) is 23.2 Å². The van der Waals surface area contributed by atoms with Crippen LogP contribution in [0, 0.1) is 29.5 Å². The van der Waals surface area contributed by atoms with Crippen LogP contribution in [0.3, 0.4) is 0 Å². The van der Waals surface area contributed by atoms with E-state index in [0.29, 0.717) is 6.42 Å². The number of ketones is 1. The number of benzene rings is 1. The average Bonchev–Trinajstić information content (AvgIpc) is 3.14. The molecule has 2 bridgehead atoms. The van der Waals surface area contributed by atoms with E-state index in [1.165, 1.54) is 24.3 Å².